The summed E-state index contributed by atoms with van der Waals surface area (Å²) in [6.45, 7) is 1.87. The summed E-state index contributed by atoms with van der Waals surface area (Å²) in [6.07, 6.45) is 2.02. The molecule has 0 aliphatic carbocycles. The SMILES string of the molecule is CSC(C)CC(=O)ON1C(=O)c2ccccc2C1=O. The zero-order chi connectivity index (χ0) is 14.0. The van der Waals surface area contributed by atoms with Crippen molar-refractivity contribution in [3.63, 3.8) is 0 Å². The minimum Gasteiger partial charge on any atom is -0.330 e. The number of rotatable bonds is 4. The first-order valence-electron chi connectivity index (χ1n) is 5.76. The molecule has 1 aliphatic heterocycles. The Morgan fingerprint density at radius 3 is 2.26 bits per heavy atom. The van der Waals surface area contributed by atoms with E-state index in [0.29, 0.717) is 5.06 Å². The summed E-state index contributed by atoms with van der Waals surface area (Å²) in [5.74, 6) is -1.77. The number of carbonyl (C=O) groups excluding carboxylic acids is 3. The molecule has 1 aromatic carbocycles. The van der Waals surface area contributed by atoms with Crippen molar-refractivity contribution in [1.82, 2.24) is 5.06 Å². The van der Waals surface area contributed by atoms with Gasteiger partial charge in [-0.2, -0.15) is 11.8 Å². The molecular formula is C13H13NO4S. The fourth-order valence-corrected chi connectivity index (χ4v) is 2.01. The molecule has 1 atom stereocenters. The molecule has 0 fully saturated rings. The highest BCUT2D eigenvalue weighted by Crippen LogP contribution is 2.23. The lowest BCUT2D eigenvalue weighted by Gasteiger charge is -2.14. The molecule has 1 aromatic rings. The Kier molecular flexibility index (Phi) is 3.90. The minimum absolute atomic E-state index is 0.0719. The zero-order valence-corrected chi connectivity index (χ0v) is 11.4. The molecule has 0 saturated carbocycles. The first-order chi connectivity index (χ1) is 9.04. The topological polar surface area (TPSA) is 63.7 Å². The van der Waals surface area contributed by atoms with Crippen molar-refractivity contribution in [2.45, 2.75) is 18.6 Å². The van der Waals surface area contributed by atoms with E-state index >= 15 is 0 Å². The summed E-state index contributed by atoms with van der Waals surface area (Å²) in [5, 5.41) is 0.614. The van der Waals surface area contributed by atoms with E-state index in [1.54, 1.807) is 12.1 Å². The molecule has 2 rings (SSSR count). The van der Waals surface area contributed by atoms with Crippen molar-refractivity contribution in [1.29, 1.82) is 0 Å². The van der Waals surface area contributed by atoms with Crippen molar-refractivity contribution in [2.24, 2.45) is 0 Å². The number of nitrogens with zero attached hydrogens (tertiary/aromatic N) is 1. The van der Waals surface area contributed by atoms with Crippen LogP contribution in [0.3, 0.4) is 0 Å². The molecular weight excluding hydrogens is 266 g/mol. The number of carbonyl (C=O) groups is 3. The first kappa shape index (κ1) is 13.6. The fourth-order valence-electron chi connectivity index (χ4n) is 1.71. The molecule has 1 unspecified atom stereocenters. The van der Waals surface area contributed by atoms with Gasteiger partial charge < -0.3 is 4.84 Å². The Balaban J connectivity index is 2.10. The molecule has 0 radical (unpaired) electrons. The van der Waals surface area contributed by atoms with Gasteiger partial charge in [-0.15, -0.1) is 0 Å². The number of fused-ring (bicyclic) bond motifs is 1. The highest BCUT2D eigenvalue weighted by Gasteiger charge is 2.38. The van der Waals surface area contributed by atoms with E-state index < -0.39 is 17.8 Å². The van der Waals surface area contributed by atoms with Gasteiger partial charge in [-0.25, -0.2) is 4.79 Å². The van der Waals surface area contributed by atoms with E-state index in [1.807, 2.05) is 13.2 Å². The predicted octanol–water partition coefficient (Wildman–Crippen LogP) is 1.88. The summed E-state index contributed by atoms with van der Waals surface area (Å²) < 4.78 is 0. The molecule has 19 heavy (non-hydrogen) atoms. The molecule has 0 aromatic heterocycles. The van der Waals surface area contributed by atoms with E-state index in [-0.39, 0.29) is 22.8 Å². The summed E-state index contributed by atoms with van der Waals surface area (Å²) in [4.78, 5) is 40.3. The Morgan fingerprint density at radius 1 is 1.26 bits per heavy atom. The van der Waals surface area contributed by atoms with Crippen molar-refractivity contribution in [3.05, 3.63) is 35.4 Å². The second-order valence-corrected chi connectivity index (χ2v) is 5.44. The van der Waals surface area contributed by atoms with Crippen molar-refractivity contribution in [3.8, 4) is 0 Å². The van der Waals surface area contributed by atoms with E-state index in [4.69, 9.17) is 4.84 Å². The molecule has 1 aliphatic rings. The van der Waals surface area contributed by atoms with Crippen molar-refractivity contribution >= 4 is 29.5 Å². The highest BCUT2D eigenvalue weighted by atomic mass is 32.2. The van der Waals surface area contributed by atoms with Crippen LogP contribution in [0, 0.1) is 0 Å². The number of imide groups is 1. The lowest BCUT2D eigenvalue weighted by Crippen LogP contribution is -2.33. The van der Waals surface area contributed by atoms with E-state index in [0.717, 1.165) is 0 Å². The van der Waals surface area contributed by atoms with Crippen LogP contribution in [-0.2, 0) is 9.63 Å². The molecule has 1 heterocycles. The number of benzene rings is 1. The van der Waals surface area contributed by atoms with Crippen molar-refractivity contribution < 1.29 is 19.2 Å². The third-order valence-electron chi connectivity index (χ3n) is 2.81. The average Bonchev–Trinajstić information content (AvgIpc) is 2.64. The summed E-state index contributed by atoms with van der Waals surface area (Å²) in [6, 6.07) is 6.39. The number of hydrogen-bond donors (Lipinski definition) is 0. The fraction of sp³-hybridized carbons (Fsp3) is 0.308. The van der Waals surface area contributed by atoms with E-state index in [9.17, 15) is 14.4 Å². The average molecular weight is 279 g/mol. The minimum atomic E-state index is -0.592. The first-order valence-corrected chi connectivity index (χ1v) is 7.04. The van der Waals surface area contributed by atoms with Crippen LogP contribution in [0.2, 0.25) is 0 Å². The standard InChI is InChI=1S/C13H13NO4S/c1-8(19-2)7-11(15)18-14-12(16)9-5-3-4-6-10(9)13(14)17/h3-6,8H,7H2,1-2H3. The molecule has 6 heteroatoms. The Bertz CT molecular complexity index is 508. The van der Waals surface area contributed by atoms with Gasteiger partial charge in [-0.1, -0.05) is 24.1 Å². The molecule has 100 valence electrons. The van der Waals surface area contributed by atoms with Gasteiger partial charge in [-0.05, 0) is 18.4 Å². The normalized spacial score (nSPS) is 15.4. The lowest BCUT2D eigenvalue weighted by atomic mass is 10.1. The number of hydroxylamine groups is 2. The third-order valence-corrected chi connectivity index (χ3v) is 3.78. The zero-order valence-electron chi connectivity index (χ0n) is 10.6. The van der Waals surface area contributed by atoms with Crippen LogP contribution in [0.25, 0.3) is 0 Å². The van der Waals surface area contributed by atoms with Crippen LogP contribution in [0.5, 0.6) is 0 Å². The number of amides is 2. The smallest absolute Gasteiger partial charge is 0.330 e. The summed E-state index contributed by atoms with van der Waals surface area (Å²) >= 11 is 1.51. The van der Waals surface area contributed by atoms with Gasteiger partial charge in [0, 0.05) is 5.25 Å². The highest BCUT2D eigenvalue weighted by molar-refractivity contribution is 7.99. The Labute approximate surface area is 114 Å². The molecule has 0 N–H and O–H groups in total. The van der Waals surface area contributed by atoms with Crippen LogP contribution < -0.4 is 0 Å². The van der Waals surface area contributed by atoms with Crippen LogP contribution in [0.1, 0.15) is 34.1 Å². The van der Waals surface area contributed by atoms with Gasteiger partial charge >= 0.3 is 5.97 Å². The van der Waals surface area contributed by atoms with Gasteiger partial charge in [0.05, 0.1) is 17.5 Å². The van der Waals surface area contributed by atoms with Gasteiger partial charge in [0.1, 0.15) is 0 Å². The van der Waals surface area contributed by atoms with Crippen LogP contribution in [-0.4, -0.2) is 34.4 Å². The van der Waals surface area contributed by atoms with E-state index in [1.165, 1.54) is 23.9 Å². The largest absolute Gasteiger partial charge is 0.334 e. The maximum Gasteiger partial charge on any atom is 0.334 e. The van der Waals surface area contributed by atoms with Gasteiger partial charge in [0.25, 0.3) is 11.8 Å². The predicted molar refractivity (Wildman–Crippen MR) is 70.6 cm³/mol. The third kappa shape index (κ3) is 2.63. The van der Waals surface area contributed by atoms with Crippen LogP contribution in [0.4, 0.5) is 0 Å². The van der Waals surface area contributed by atoms with Crippen molar-refractivity contribution in [2.75, 3.05) is 6.26 Å². The second-order valence-electron chi connectivity index (χ2n) is 4.16. The molecule has 0 bridgehead atoms. The lowest BCUT2D eigenvalue weighted by molar-refractivity contribution is -0.168. The number of hydrogen-bond acceptors (Lipinski definition) is 5. The second kappa shape index (κ2) is 5.44. The summed E-state index contributed by atoms with van der Waals surface area (Å²) in [7, 11) is 0. The van der Waals surface area contributed by atoms with E-state index in [2.05, 4.69) is 0 Å². The maximum absolute atomic E-state index is 11.9. The monoisotopic (exact) mass is 279 g/mol. The number of thioether (sulfide) groups is 1. The molecule has 2 amide bonds. The van der Waals surface area contributed by atoms with Crippen LogP contribution >= 0.6 is 11.8 Å². The van der Waals surface area contributed by atoms with Gasteiger partial charge in [0.15, 0.2) is 0 Å². The van der Waals surface area contributed by atoms with Crippen LogP contribution in [0.15, 0.2) is 24.3 Å². The quantitative estimate of drug-likeness (QED) is 0.787. The van der Waals surface area contributed by atoms with Gasteiger partial charge in [-0.3, -0.25) is 9.59 Å². The Morgan fingerprint density at radius 2 is 1.79 bits per heavy atom. The molecule has 0 saturated heterocycles. The summed E-state index contributed by atoms with van der Waals surface area (Å²) in [5.41, 5.74) is 0.524. The maximum atomic E-state index is 11.9. The molecule has 0 spiro atoms. The molecule has 5 nitrogen and oxygen atoms in total. The van der Waals surface area contributed by atoms with Gasteiger partial charge in [0.2, 0.25) is 0 Å². The Hall–Kier alpha value is -1.82.